The zero-order chi connectivity index (χ0) is 22.2. The molecule has 1 aromatic carbocycles. The molecule has 2 aliphatic heterocycles. The summed E-state index contributed by atoms with van der Waals surface area (Å²) in [5.74, 6) is 0.498. The van der Waals surface area contributed by atoms with Crippen molar-refractivity contribution in [3.8, 4) is 0 Å². The Labute approximate surface area is 193 Å². The maximum atomic E-state index is 12.9. The smallest absolute Gasteiger partial charge is 0.253 e. The van der Waals surface area contributed by atoms with E-state index >= 15 is 0 Å². The van der Waals surface area contributed by atoms with E-state index in [4.69, 9.17) is 0 Å². The van der Waals surface area contributed by atoms with Gasteiger partial charge >= 0.3 is 0 Å². The fourth-order valence-corrected chi connectivity index (χ4v) is 5.50. The lowest BCUT2D eigenvalue weighted by molar-refractivity contribution is -0.126. The molecular weight excluding hydrogens is 400 g/mol. The van der Waals surface area contributed by atoms with E-state index in [1.165, 1.54) is 38.5 Å². The number of nitrogens with zero attached hydrogens (tertiary/aromatic N) is 2. The lowest BCUT2D eigenvalue weighted by Crippen LogP contribution is -2.47. The number of anilines is 1. The van der Waals surface area contributed by atoms with Crippen LogP contribution in [0.15, 0.2) is 24.3 Å². The van der Waals surface area contributed by atoms with Gasteiger partial charge in [-0.05, 0) is 63.7 Å². The monoisotopic (exact) mass is 440 g/mol. The van der Waals surface area contributed by atoms with Crippen molar-refractivity contribution >= 4 is 17.5 Å². The first kappa shape index (κ1) is 23.1. The lowest BCUT2D eigenvalue weighted by Gasteiger charge is -2.35. The summed E-state index contributed by atoms with van der Waals surface area (Å²) in [6.45, 7) is 5.67. The molecule has 2 amide bonds. The molecule has 6 nitrogen and oxygen atoms in total. The molecule has 4 rings (SSSR count). The molecule has 6 heteroatoms. The summed E-state index contributed by atoms with van der Waals surface area (Å²) >= 11 is 0. The fraction of sp³-hybridized carbons (Fsp3) is 0.692. The fourth-order valence-electron chi connectivity index (χ4n) is 5.50. The number of rotatable bonds is 7. The molecule has 3 aliphatic rings. The molecule has 0 atom stereocenters. The SMILES string of the molecule is O=C(NCCN1CCCCC1)c1ccccc1N1CCC(NC(=O)C2CCCCC2)CC1. The molecule has 32 heavy (non-hydrogen) atoms. The van der Waals surface area contributed by atoms with Crippen molar-refractivity contribution in [1.82, 2.24) is 15.5 Å². The van der Waals surface area contributed by atoms with Crippen LogP contribution in [-0.4, -0.2) is 62.0 Å². The quantitative estimate of drug-likeness (QED) is 0.680. The van der Waals surface area contributed by atoms with Gasteiger partial charge < -0.3 is 20.4 Å². The van der Waals surface area contributed by atoms with Gasteiger partial charge in [-0.3, -0.25) is 9.59 Å². The second-order valence-electron chi connectivity index (χ2n) is 9.78. The minimum atomic E-state index is 0.0188. The highest BCUT2D eigenvalue weighted by Gasteiger charge is 2.27. The summed E-state index contributed by atoms with van der Waals surface area (Å²) in [6, 6.07) is 8.20. The zero-order valence-corrected chi connectivity index (χ0v) is 19.5. The molecule has 2 N–H and O–H groups in total. The molecule has 2 saturated heterocycles. The van der Waals surface area contributed by atoms with Gasteiger partial charge in [-0.25, -0.2) is 0 Å². The van der Waals surface area contributed by atoms with Crippen LogP contribution in [0.25, 0.3) is 0 Å². The number of amides is 2. The lowest BCUT2D eigenvalue weighted by atomic mass is 9.88. The number of piperidine rings is 2. The minimum absolute atomic E-state index is 0.0188. The Morgan fingerprint density at radius 1 is 0.844 bits per heavy atom. The number of hydrogen-bond acceptors (Lipinski definition) is 4. The average molecular weight is 441 g/mol. The number of para-hydroxylation sites is 1. The van der Waals surface area contributed by atoms with Gasteiger partial charge in [-0.1, -0.05) is 37.8 Å². The molecule has 1 aromatic rings. The number of nitrogens with one attached hydrogen (secondary N) is 2. The Kier molecular flexibility index (Phi) is 8.43. The molecular formula is C26H40N4O2. The number of benzene rings is 1. The third-order valence-electron chi connectivity index (χ3n) is 7.47. The summed E-state index contributed by atoms with van der Waals surface area (Å²) < 4.78 is 0. The molecule has 1 aliphatic carbocycles. The Bertz CT molecular complexity index is 748. The highest BCUT2D eigenvalue weighted by Crippen LogP contribution is 2.26. The van der Waals surface area contributed by atoms with Gasteiger partial charge in [-0.15, -0.1) is 0 Å². The second-order valence-corrected chi connectivity index (χ2v) is 9.78. The van der Waals surface area contributed by atoms with Gasteiger partial charge in [0.2, 0.25) is 5.91 Å². The summed E-state index contributed by atoms with van der Waals surface area (Å²) in [5.41, 5.74) is 1.77. The first-order valence-electron chi connectivity index (χ1n) is 12.9. The van der Waals surface area contributed by atoms with Crippen LogP contribution in [-0.2, 0) is 4.79 Å². The third kappa shape index (κ3) is 6.25. The van der Waals surface area contributed by atoms with Crippen molar-refractivity contribution in [2.75, 3.05) is 44.2 Å². The van der Waals surface area contributed by atoms with E-state index in [1.807, 2.05) is 18.2 Å². The van der Waals surface area contributed by atoms with Gasteiger partial charge in [0.1, 0.15) is 0 Å². The Morgan fingerprint density at radius 3 is 2.28 bits per heavy atom. The van der Waals surface area contributed by atoms with Crippen molar-refractivity contribution in [3.05, 3.63) is 29.8 Å². The molecule has 0 aromatic heterocycles. The Hall–Kier alpha value is -2.08. The van der Waals surface area contributed by atoms with Crippen LogP contribution in [0, 0.1) is 5.92 Å². The predicted octanol–water partition coefficient (Wildman–Crippen LogP) is 3.57. The molecule has 0 radical (unpaired) electrons. The Balaban J connectivity index is 1.26. The van der Waals surface area contributed by atoms with Crippen LogP contribution in [0.2, 0.25) is 0 Å². The van der Waals surface area contributed by atoms with Crippen LogP contribution in [0.4, 0.5) is 5.69 Å². The number of hydrogen-bond donors (Lipinski definition) is 2. The van der Waals surface area contributed by atoms with E-state index in [-0.39, 0.29) is 23.8 Å². The van der Waals surface area contributed by atoms with E-state index in [1.54, 1.807) is 0 Å². The third-order valence-corrected chi connectivity index (χ3v) is 7.47. The first-order chi connectivity index (χ1) is 15.7. The molecule has 2 heterocycles. The van der Waals surface area contributed by atoms with E-state index in [2.05, 4.69) is 26.5 Å². The second kappa shape index (κ2) is 11.7. The zero-order valence-electron chi connectivity index (χ0n) is 19.5. The maximum Gasteiger partial charge on any atom is 0.253 e. The molecule has 0 spiro atoms. The minimum Gasteiger partial charge on any atom is -0.371 e. The highest BCUT2D eigenvalue weighted by molar-refractivity contribution is 5.99. The van der Waals surface area contributed by atoms with Crippen LogP contribution >= 0.6 is 0 Å². The largest absolute Gasteiger partial charge is 0.371 e. The number of carbonyl (C=O) groups excluding carboxylic acids is 2. The van der Waals surface area contributed by atoms with Gasteiger partial charge in [0.25, 0.3) is 5.91 Å². The summed E-state index contributed by atoms with van der Waals surface area (Å²) in [4.78, 5) is 30.3. The van der Waals surface area contributed by atoms with Crippen LogP contribution < -0.4 is 15.5 Å². The first-order valence-corrected chi connectivity index (χ1v) is 12.9. The van der Waals surface area contributed by atoms with Crippen LogP contribution in [0.1, 0.15) is 74.6 Å². The molecule has 1 saturated carbocycles. The summed E-state index contributed by atoms with van der Waals surface area (Å²) in [6.07, 6.45) is 11.5. The van der Waals surface area contributed by atoms with Crippen LogP contribution in [0.5, 0.6) is 0 Å². The predicted molar refractivity (Wildman–Crippen MR) is 129 cm³/mol. The van der Waals surface area contributed by atoms with Crippen LogP contribution in [0.3, 0.4) is 0 Å². The average Bonchev–Trinajstić information content (AvgIpc) is 2.85. The summed E-state index contributed by atoms with van der Waals surface area (Å²) in [7, 11) is 0. The molecule has 0 bridgehead atoms. The van der Waals surface area contributed by atoms with E-state index in [0.717, 1.165) is 69.7 Å². The van der Waals surface area contributed by atoms with Crippen molar-refractivity contribution in [2.45, 2.75) is 70.3 Å². The Morgan fingerprint density at radius 2 is 1.53 bits per heavy atom. The van der Waals surface area contributed by atoms with E-state index in [9.17, 15) is 9.59 Å². The van der Waals surface area contributed by atoms with Gasteiger partial charge in [-0.2, -0.15) is 0 Å². The van der Waals surface area contributed by atoms with Gasteiger partial charge in [0.05, 0.1) is 5.56 Å². The van der Waals surface area contributed by atoms with Crippen molar-refractivity contribution in [1.29, 1.82) is 0 Å². The topological polar surface area (TPSA) is 64.7 Å². The van der Waals surface area contributed by atoms with Crippen molar-refractivity contribution < 1.29 is 9.59 Å². The molecule has 0 unspecified atom stereocenters. The number of likely N-dealkylation sites (tertiary alicyclic amines) is 1. The van der Waals surface area contributed by atoms with Crippen molar-refractivity contribution in [2.24, 2.45) is 5.92 Å². The highest BCUT2D eigenvalue weighted by atomic mass is 16.2. The normalized spacial score (nSPS) is 21.3. The number of carbonyl (C=O) groups is 2. The maximum absolute atomic E-state index is 12.9. The molecule has 176 valence electrons. The molecule has 3 fully saturated rings. The van der Waals surface area contributed by atoms with Gasteiger partial charge in [0.15, 0.2) is 0 Å². The van der Waals surface area contributed by atoms with Crippen molar-refractivity contribution in [3.63, 3.8) is 0 Å². The van der Waals surface area contributed by atoms with Gasteiger partial charge in [0, 0.05) is 43.8 Å². The standard InChI is InChI=1S/C26H40N4O2/c31-25(21-9-3-1-4-10-21)28-22-13-18-30(19-14-22)24-12-6-5-11-23(24)26(32)27-15-20-29-16-7-2-8-17-29/h5-6,11-12,21-22H,1-4,7-10,13-20H2,(H,27,32)(H,28,31). The van der Waals surface area contributed by atoms with E-state index in [0.29, 0.717) is 6.54 Å². The van der Waals surface area contributed by atoms with E-state index < -0.39 is 0 Å². The summed E-state index contributed by atoms with van der Waals surface area (Å²) in [5, 5.41) is 6.44.